The first-order chi connectivity index (χ1) is 20.2. The Bertz CT molecular complexity index is 1490. The molecule has 11 heteroatoms. The molecule has 1 aromatic heterocycles. The highest BCUT2D eigenvalue weighted by molar-refractivity contribution is 5.92. The first-order valence-corrected chi connectivity index (χ1v) is 13.8. The van der Waals surface area contributed by atoms with E-state index in [4.69, 9.17) is 4.74 Å². The summed E-state index contributed by atoms with van der Waals surface area (Å²) in [5.41, 5.74) is 2.45. The number of carbonyl (C=O) groups excluding carboxylic acids is 2. The van der Waals surface area contributed by atoms with Crippen LogP contribution >= 0.6 is 0 Å². The van der Waals surface area contributed by atoms with Crippen LogP contribution in [0.25, 0.3) is 5.69 Å². The van der Waals surface area contributed by atoms with E-state index in [1.54, 1.807) is 35.4 Å². The van der Waals surface area contributed by atoms with Crippen molar-refractivity contribution in [2.75, 3.05) is 18.5 Å². The Labute approximate surface area is 241 Å². The van der Waals surface area contributed by atoms with E-state index in [0.717, 1.165) is 41.8 Å². The number of carbonyl (C=O) groups is 2. The number of benzene rings is 2. The highest BCUT2D eigenvalue weighted by Gasteiger charge is 2.30. The van der Waals surface area contributed by atoms with Crippen LogP contribution in [0, 0.1) is 12.8 Å². The summed E-state index contributed by atoms with van der Waals surface area (Å²) in [4.78, 5) is 29.7. The number of nitrogens with one attached hydrogen (secondary N) is 2. The lowest BCUT2D eigenvalue weighted by Gasteiger charge is -2.26. The maximum Gasteiger partial charge on any atom is 0.416 e. The number of hydrogen-bond donors (Lipinski definition) is 2. The lowest BCUT2D eigenvalue weighted by Crippen LogP contribution is -2.40. The van der Waals surface area contributed by atoms with Gasteiger partial charge in [0.1, 0.15) is 0 Å². The van der Waals surface area contributed by atoms with Gasteiger partial charge in [0, 0.05) is 55.4 Å². The van der Waals surface area contributed by atoms with Crippen molar-refractivity contribution in [3.05, 3.63) is 89.4 Å². The van der Waals surface area contributed by atoms with Crippen molar-refractivity contribution in [3.8, 4) is 5.69 Å². The maximum absolute atomic E-state index is 13.0. The van der Waals surface area contributed by atoms with E-state index < -0.39 is 17.6 Å². The van der Waals surface area contributed by atoms with Gasteiger partial charge in [-0.2, -0.15) is 18.3 Å². The molecule has 2 aromatic carbocycles. The quantitative estimate of drug-likeness (QED) is 0.375. The molecule has 2 aliphatic heterocycles. The van der Waals surface area contributed by atoms with Crippen molar-refractivity contribution >= 4 is 23.7 Å². The van der Waals surface area contributed by atoms with Crippen molar-refractivity contribution in [3.63, 3.8) is 0 Å². The topological polar surface area (TPSA) is 97.6 Å². The molecule has 8 nitrogen and oxygen atoms in total. The molecular weight excluding hydrogens is 547 g/mol. The molecule has 2 N–H and O–H groups in total. The number of aryl methyl sites for hydroxylation is 1. The van der Waals surface area contributed by atoms with Gasteiger partial charge < -0.3 is 15.4 Å². The second-order valence-corrected chi connectivity index (χ2v) is 10.7. The fraction of sp³-hybridized carbons (Fsp3) is 0.355. The Balaban J connectivity index is 1.26. The lowest BCUT2D eigenvalue weighted by atomic mass is 9.92. The maximum atomic E-state index is 13.0. The average Bonchev–Trinajstić information content (AvgIpc) is 3.44. The van der Waals surface area contributed by atoms with Crippen molar-refractivity contribution in [2.45, 2.75) is 50.7 Å². The molecule has 0 aliphatic carbocycles. The van der Waals surface area contributed by atoms with Gasteiger partial charge in [-0.15, -0.1) is 0 Å². The van der Waals surface area contributed by atoms with Crippen LogP contribution in [0.4, 0.5) is 18.9 Å². The number of anilines is 1. The summed E-state index contributed by atoms with van der Waals surface area (Å²) in [6.07, 6.45) is 6.49. The summed E-state index contributed by atoms with van der Waals surface area (Å²) >= 11 is 0. The van der Waals surface area contributed by atoms with Gasteiger partial charge in [-0.25, -0.2) is 4.68 Å². The Morgan fingerprint density at radius 2 is 1.90 bits per heavy atom. The minimum Gasteiger partial charge on any atom is -0.381 e. The Morgan fingerprint density at radius 3 is 2.69 bits per heavy atom. The molecule has 0 saturated carbocycles. The second-order valence-electron chi connectivity index (χ2n) is 10.7. The van der Waals surface area contributed by atoms with Crippen LogP contribution in [0.3, 0.4) is 0 Å². The fourth-order valence-electron chi connectivity index (χ4n) is 5.21. The molecule has 5 rings (SSSR count). The highest BCUT2D eigenvalue weighted by Crippen LogP contribution is 2.30. The summed E-state index contributed by atoms with van der Waals surface area (Å²) in [5.74, 6) is -0.330. The molecule has 3 heterocycles. The summed E-state index contributed by atoms with van der Waals surface area (Å²) in [7, 11) is 0. The van der Waals surface area contributed by atoms with Crippen LogP contribution < -0.4 is 10.6 Å². The van der Waals surface area contributed by atoms with Crippen molar-refractivity contribution in [1.29, 1.82) is 0 Å². The highest BCUT2D eigenvalue weighted by atomic mass is 19.4. The summed E-state index contributed by atoms with van der Waals surface area (Å²) in [6.45, 7) is 3.29. The molecule has 2 atom stereocenters. The molecule has 2 unspecified atom stereocenters. The second kappa shape index (κ2) is 12.7. The van der Waals surface area contributed by atoms with Gasteiger partial charge in [-0.1, -0.05) is 24.3 Å². The Hall–Kier alpha value is -4.25. The zero-order valence-electron chi connectivity index (χ0n) is 23.1. The van der Waals surface area contributed by atoms with Crippen molar-refractivity contribution in [2.24, 2.45) is 10.9 Å². The fourth-order valence-corrected chi connectivity index (χ4v) is 5.21. The van der Waals surface area contributed by atoms with Crippen LogP contribution in [0.2, 0.25) is 0 Å². The van der Waals surface area contributed by atoms with Crippen LogP contribution in [0.1, 0.15) is 47.4 Å². The van der Waals surface area contributed by atoms with Gasteiger partial charge in [0.15, 0.2) is 0 Å². The SMILES string of the molecule is Cc1ccc(NC(=O)Cc2cccc(C(F)(F)F)c2)cc1-n1cc(C2C=NC=CC2NC(=O)CC2CCOCC2)cn1. The number of ether oxygens (including phenoxy) is 1. The molecule has 220 valence electrons. The number of aromatic nitrogens is 2. The Morgan fingerprint density at radius 1 is 1.10 bits per heavy atom. The van der Waals surface area contributed by atoms with Gasteiger partial charge in [0.2, 0.25) is 11.8 Å². The zero-order chi connectivity index (χ0) is 29.7. The molecule has 2 aliphatic rings. The van der Waals surface area contributed by atoms with Gasteiger partial charge >= 0.3 is 6.18 Å². The van der Waals surface area contributed by atoms with E-state index in [1.807, 2.05) is 25.3 Å². The molecule has 1 fully saturated rings. The number of rotatable bonds is 8. The smallest absolute Gasteiger partial charge is 0.381 e. The number of aliphatic imine (C=N–C) groups is 1. The zero-order valence-corrected chi connectivity index (χ0v) is 23.1. The average molecular weight is 580 g/mol. The molecule has 0 bridgehead atoms. The molecule has 1 saturated heterocycles. The molecular formula is C31H32F3N5O3. The molecule has 0 spiro atoms. The summed E-state index contributed by atoms with van der Waals surface area (Å²) in [6, 6.07) is 9.80. The normalized spacial score (nSPS) is 19.0. The number of nitrogens with zero attached hydrogens (tertiary/aromatic N) is 3. The minimum absolute atomic E-state index is 0.00587. The lowest BCUT2D eigenvalue weighted by molar-refractivity contribution is -0.137. The van der Waals surface area contributed by atoms with Crippen LogP contribution in [0.5, 0.6) is 0 Å². The molecule has 2 amide bonds. The summed E-state index contributed by atoms with van der Waals surface area (Å²) in [5, 5.41) is 10.4. The third-order valence-electron chi connectivity index (χ3n) is 7.50. The van der Waals surface area contributed by atoms with Gasteiger partial charge in [-0.3, -0.25) is 14.6 Å². The minimum atomic E-state index is -4.48. The predicted octanol–water partition coefficient (Wildman–Crippen LogP) is 5.36. The van der Waals surface area contributed by atoms with Gasteiger partial charge in [0.25, 0.3) is 0 Å². The van der Waals surface area contributed by atoms with Crippen LogP contribution in [-0.4, -0.2) is 47.1 Å². The number of alkyl halides is 3. The predicted molar refractivity (Wildman–Crippen MR) is 153 cm³/mol. The summed E-state index contributed by atoms with van der Waals surface area (Å²) < 4.78 is 46.2. The van der Waals surface area contributed by atoms with E-state index in [1.165, 1.54) is 12.1 Å². The molecule has 3 aromatic rings. The van der Waals surface area contributed by atoms with E-state index in [-0.39, 0.29) is 29.9 Å². The Kier molecular flexibility index (Phi) is 8.86. The number of amides is 2. The van der Waals surface area contributed by atoms with E-state index in [0.29, 0.717) is 31.2 Å². The van der Waals surface area contributed by atoms with E-state index in [9.17, 15) is 22.8 Å². The monoisotopic (exact) mass is 579 g/mol. The van der Waals surface area contributed by atoms with Crippen LogP contribution in [0.15, 0.2) is 72.1 Å². The third kappa shape index (κ3) is 7.33. The van der Waals surface area contributed by atoms with Crippen LogP contribution in [-0.2, 0) is 26.9 Å². The first-order valence-electron chi connectivity index (χ1n) is 13.8. The molecule has 42 heavy (non-hydrogen) atoms. The van der Waals surface area contributed by atoms with Gasteiger partial charge in [0.05, 0.1) is 29.9 Å². The standard InChI is InChI=1S/C31H32F3N5O3/c1-20-5-6-25(37-29(40)15-22-3-2-4-24(13-22)31(32,33)34)16-28(20)39-19-23(17-36-39)26-18-35-10-7-27(26)38-30(41)14-21-8-11-42-12-9-21/h2-7,10,13,16-19,21,26-27H,8-9,11-12,14-15H2,1H3,(H,37,40)(H,38,41). The van der Waals surface area contributed by atoms with E-state index in [2.05, 4.69) is 20.7 Å². The van der Waals surface area contributed by atoms with E-state index >= 15 is 0 Å². The third-order valence-corrected chi connectivity index (χ3v) is 7.50. The van der Waals surface area contributed by atoms with Gasteiger partial charge in [-0.05, 0) is 61.1 Å². The van der Waals surface area contributed by atoms with Crippen molar-refractivity contribution in [1.82, 2.24) is 15.1 Å². The number of hydrogen-bond acceptors (Lipinski definition) is 5. The number of halogens is 3. The first kappa shape index (κ1) is 29.2. The molecule has 0 radical (unpaired) electrons. The largest absolute Gasteiger partial charge is 0.416 e. The van der Waals surface area contributed by atoms with Crippen molar-refractivity contribution < 1.29 is 27.5 Å².